The first-order chi connectivity index (χ1) is 18.6. The van der Waals surface area contributed by atoms with Gasteiger partial charge in [-0.15, -0.1) is 16.4 Å². The predicted octanol–water partition coefficient (Wildman–Crippen LogP) is 3.74. The minimum Gasteiger partial charge on any atom is -0.395 e. The van der Waals surface area contributed by atoms with Crippen molar-refractivity contribution >= 4 is 37.9 Å². The molecule has 1 saturated carbocycles. The molecule has 0 bridgehead atoms. The standard InChI is InChI=1S/C25H31F2N7O3S2/c26-25(27)7-11-33(12-8-25)23-28-20(17-38-23)19-16-34(31-29-19)21-2-1-18(30-39(36,37)14-13-35)15-22(21)32-9-5-24(3-4-24)6-10-32/h1-2,15-17,30,35H,3-14H2. The van der Waals surface area contributed by atoms with Crippen LogP contribution in [-0.4, -0.2) is 78.0 Å². The maximum absolute atomic E-state index is 13.6. The zero-order valence-corrected chi connectivity index (χ0v) is 23.0. The van der Waals surface area contributed by atoms with E-state index in [1.54, 1.807) is 16.9 Å². The Morgan fingerprint density at radius 3 is 2.38 bits per heavy atom. The molecule has 0 unspecified atom stereocenters. The number of thiazole rings is 1. The summed E-state index contributed by atoms with van der Waals surface area (Å²) in [4.78, 5) is 8.79. The number of hydrogen-bond donors (Lipinski definition) is 2. The molecule has 1 aliphatic carbocycles. The molecule has 2 N–H and O–H groups in total. The molecule has 6 rings (SSSR count). The first kappa shape index (κ1) is 26.4. The summed E-state index contributed by atoms with van der Waals surface area (Å²) in [7, 11) is -3.67. The Balaban J connectivity index is 1.26. The van der Waals surface area contributed by atoms with E-state index in [1.165, 1.54) is 24.2 Å². The minimum atomic E-state index is -3.67. The molecule has 0 amide bonds. The van der Waals surface area contributed by atoms with E-state index in [1.807, 2.05) is 22.4 Å². The van der Waals surface area contributed by atoms with Crippen LogP contribution in [0.1, 0.15) is 38.5 Å². The lowest BCUT2D eigenvalue weighted by Crippen LogP contribution is -2.39. The number of anilines is 3. The Morgan fingerprint density at radius 1 is 0.974 bits per heavy atom. The number of benzene rings is 1. The van der Waals surface area contributed by atoms with Crippen LogP contribution in [0.3, 0.4) is 0 Å². The smallest absolute Gasteiger partial charge is 0.251 e. The van der Waals surface area contributed by atoms with Gasteiger partial charge in [-0.05, 0) is 49.3 Å². The van der Waals surface area contributed by atoms with Crippen LogP contribution in [0.5, 0.6) is 0 Å². The van der Waals surface area contributed by atoms with E-state index in [4.69, 9.17) is 5.11 Å². The van der Waals surface area contributed by atoms with Gasteiger partial charge < -0.3 is 14.9 Å². The van der Waals surface area contributed by atoms with Crippen molar-refractivity contribution in [2.24, 2.45) is 5.41 Å². The molecule has 0 radical (unpaired) electrons. The summed E-state index contributed by atoms with van der Waals surface area (Å²) in [6.45, 7) is 1.80. The Kier molecular flexibility index (Phi) is 6.74. The topological polar surface area (TPSA) is 116 Å². The first-order valence-corrected chi connectivity index (χ1v) is 15.7. The summed E-state index contributed by atoms with van der Waals surface area (Å²) in [5, 5.41) is 20.3. The lowest BCUT2D eigenvalue weighted by atomic mass is 9.93. The summed E-state index contributed by atoms with van der Waals surface area (Å²) in [5.41, 5.74) is 3.70. The highest BCUT2D eigenvalue weighted by molar-refractivity contribution is 7.92. The molecule has 3 aromatic rings. The van der Waals surface area contributed by atoms with Gasteiger partial charge in [-0.3, -0.25) is 4.72 Å². The molecule has 2 aromatic heterocycles. The van der Waals surface area contributed by atoms with Crippen molar-refractivity contribution in [2.75, 3.05) is 53.1 Å². The highest BCUT2D eigenvalue weighted by atomic mass is 32.2. The second kappa shape index (κ2) is 9.97. The summed E-state index contributed by atoms with van der Waals surface area (Å²) in [6.07, 6.45) is 6.17. The van der Waals surface area contributed by atoms with Crippen LogP contribution in [0.2, 0.25) is 0 Å². The van der Waals surface area contributed by atoms with Crippen LogP contribution in [0.4, 0.5) is 25.3 Å². The van der Waals surface area contributed by atoms with E-state index >= 15 is 0 Å². The third-order valence-corrected chi connectivity index (χ3v) is 10.2. The number of nitrogens with zero attached hydrogens (tertiary/aromatic N) is 6. The first-order valence-electron chi connectivity index (χ1n) is 13.2. The van der Waals surface area contributed by atoms with Gasteiger partial charge in [0.25, 0.3) is 5.92 Å². The Hall–Kier alpha value is -2.84. The van der Waals surface area contributed by atoms with Gasteiger partial charge >= 0.3 is 0 Å². The lowest BCUT2D eigenvalue weighted by Gasteiger charge is -2.35. The normalized spacial score (nSPS) is 20.4. The fraction of sp³-hybridized carbons (Fsp3) is 0.560. The van der Waals surface area contributed by atoms with Gasteiger partial charge in [0, 0.05) is 44.4 Å². The van der Waals surface area contributed by atoms with Crippen molar-refractivity contribution in [1.29, 1.82) is 0 Å². The van der Waals surface area contributed by atoms with E-state index in [0.29, 0.717) is 27.6 Å². The van der Waals surface area contributed by atoms with Gasteiger partial charge in [0.05, 0.1) is 35.6 Å². The highest BCUT2D eigenvalue weighted by Gasteiger charge is 2.44. The van der Waals surface area contributed by atoms with Crippen LogP contribution in [0.25, 0.3) is 17.1 Å². The van der Waals surface area contributed by atoms with Crippen molar-refractivity contribution in [2.45, 2.75) is 44.4 Å². The van der Waals surface area contributed by atoms with Crippen LogP contribution >= 0.6 is 11.3 Å². The van der Waals surface area contributed by atoms with Gasteiger partial charge in [0.15, 0.2) is 5.13 Å². The Labute approximate surface area is 229 Å². The number of hydrogen-bond acceptors (Lipinski definition) is 9. The minimum absolute atomic E-state index is 0.176. The SMILES string of the molecule is O=S(=O)(CCO)Nc1ccc(-n2cc(-c3csc(N4CCC(F)(F)CC4)n3)nn2)c(N2CCC3(CC2)CC3)c1. The monoisotopic (exact) mass is 579 g/mol. The zero-order chi connectivity index (χ0) is 27.3. The quantitative estimate of drug-likeness (QED) is 0.415. The van der Waals surface area contributed by atoms with Crippen molar-refractivity contribution in [3.63, 3.8) is 0 Å². The predicted molar refractivity (Wildman–Crippen MR) is 146 cm³/mol. The number of aromatic nitrogens is 4. The molecule has 10 nitrogen and oxygen atoms in total. The van der Waals surface area contributed by atoms with Gasteiger partial charge in [0.1, 0.15) is 11.4 Å². The van der Waals surface area contributed by atoms with Crippen LogP contribution in [-0.2, 0) is 10.0 Å². The van der Waals surface area contributed by atoms with Crippen molar-refractivity contribution < 1.29 is 22.3 Å². The number of halogens is 2. The van der Waals surface area contributed by atoms with E-state index in [-0.39, 0.29) is 31.7 Å². The largest absolute Gasteiger partial charge is 0.395 e. The van der Waals surface area contributed by atoms with Crippen LogP contribution in [0.15, 0.2) is 29.8 Å². The van der Waals surface area contributed by atoms with E-state index in [2.05, 4.69) is 24.9 Å². The van der Waals surface area contributed by atoms with Crippen LogP contribution in [0, 0.1) is 5.41 Å². The fourth-order valence-corrected chi connectivity index (χ4v) is 7.04. The molecule has 14 heteroatoms. The molecule has 2 saturated heterocycles. The third-order valence-electron chi connectivity index (χ3n) is 7.99. The van der Waals surface area contributed by atoms with Crippen molar-refractivity contribution in [3.05, 3.63) is 29.8 Å². The maximum atomic E-state index is 13.6. The molecule has 1 spiro atoms. The van der Waals surface area contributed by atoms with E-state index in [0.717, 1.165) is 37.3 Å². The average Bonchev–Trinajstić information content (AvgIpc) is 3.28. The van der Waals surface area contributed by atoms with E-state index in [9.17, 15) is 17.2 Å². The Morgan fingerprint density at radius 2 is 1.69 bits per heavy atom. The average molecular weight is 580 g/mol. The number of piperidine rings is 2. The highest BCUT2D eigenvalue weighted by Crippen LogP contribution is 2.54. The summed E-state index contributed by atoms with van der Waals surface area (Å²) in [5.74, 6) is -2.99. The number of sulfonamides is 1. The second-order valence-electron chi connectivity index (χ2n) is 10.7. The maximum Gasteiger partial charge on any atom is 0.251 e. The summed E-state index contributed by atoms with van der Waals surface area (Å²) < 4.78 is 55.9. The second-order valence-corrected chi connectivity index (χ2v) is 13.4. The lowest BCUT2D eigenvalue weighted by molar-refractivity contribution is -0.0220. The molecule has 3 fully saturated rings. The van der Waals surface area contributed by atoms with Crippen molar-refractivity contribution in [1.82, 2.24) is 20.0 Å². The molecule has 4 heterocycles. The van der Waals surface area contributed by atoms with Gasteiger partial charge in [-0.1, -0.05) is 5.21 Å². The zero-order valence-electron chi connectivity index (χ0n) is 21.4. The molecule has 39 heavy (non-hydrogen) atoms. The molecular weight excluding hydrogens is 548 g/mol. The molecule has 3 aliphatic rings. The number of nitrogens with one attached hydrogen (secondary N) is 1. The van der Waals surface area contributed by atoms with Gasteiger partial charge in [-0.2, -0.15) is 0 Å². The third kappa shape index (κ3) is 5.73. The summed E-state index contributed by atoms with van der Waals surface area (Å²) in [6, 6.07) is 5.30. The molecule has 210 valence electrons. The number of alkyl halides is 2. The number of aliphatic hydroxyl groups excluding tert-OH is 1. The molecule has 1 aromatic carbocycles. The van der Waals surface area contributed by atoms with Gasteiger partial charge in [-0.25, -0.2) is 26.9 Å². The van der Waals surface area contributed by atoms with Crippen LogP contribution < -0.4 is 14.5 Å². The fourth-order valence-electron chi connectivity index (χ4n) is 5.33. The van der Waals surface area contributed by atoms with Gasteiger partial charge in [0.2, 0.25) is 10.0 Å². The van der Waals surface area contributed by atoms with E-state index < -0.39 is 22.6 Å². The van der Waals surface area contributed by atoms with Crippen molar-refractivity contribution in [3.8, 4) is 17.1 Å². The number of rotatable bonds is 8. The number of aliphatic hydroxyl groups is 1. The molecule has 0 atom stereocenters. The molecular formula is C25H31F2N7O3S2. The molecule has 2 aliphatic heterocycles. The Bertz CT molecular complexity index is 1440. The summed E-state index contributed by atoms with van der Waals surface area (Å²) >= 11 is 1.40.